The normalized spacial score (nSPS) is 11.3. The summed E-state index contributed by atoms with van der Waals surface area (Å²) in [5.74, 6) is 0. The fraction of sp³-hybridized carbons (Fsp3) is 0.312. The number of hydrogen-bond acceptors (Lipinski definition) is 3. The van der Waals surface area contributed by atoms with Crippen LogP contribution in [0, 0.1) is 0 Å². The highest BCUT2D eigenvalue weighted by Gasteiger charge is 2.08. The number of nitrogens with one attached hydrogen (secondary N) is 1. The van der Waals surface area contributed by atoms with Crippen LogP contribution in [0.25, 0.3) is 10.9 Å². The van der Waals surface area contributed by atoms with Crippen LogP contribution in [0.1, 0.15) is 17.5 Å². The Hall–Kier alpha value is -1.17. The molecule has 0 spiro atoms. The van der Waals surface area contributed by atoms with Gasteiger partial charge in [-0.3, -0.25) is 4.68 Å². The van der Waals surface area contributed by atoms with Gasteiger partial charge in [-0.2, -0.15) is 5.10 Å². The van der Waals surface area contributed by atoms with Crippen LogP contribution in [0.15, 0.2) is 40.2 Å². The third kappa shape index (κ3) is 3.36. The van der Waals surface area contributed by atoms with Crippen LogP contribution in [0.2, 0.25) is 0 Å². The molecule has 2 heterocycles. The lowest BCUT2D eigenvalue weighted by Crippen LogP contribution is -2.17. The zero-order valence-electron chi connectivity index (χ0n) is 12.0. The summed E-state index contributed by atoms with van der Waals surface area (Å²) in [7, 11) is 0. The molecule has 110 valence electrons. The molecule has 0 bridgehead atoms. The lowest BCUT2D eigenvalue weighted by Gasteiger charge is -2.01. The van der Waals surface area contributed by atoms with Crippen LogP contribution in [-0.4, -0.2) is 16.3 Å². The summed E-state index contributed by atoms with van der Waals surface area (Å²) in [5.41, 5.74) is 2.36. The van der Waals surface area contributed by atoms with Gasteiger partial charge < -0.3 is 5.32 Å². The second-order valence-electron chi connectivity index (χ2n) is 4.91. The maximum absolute atomic E-state index is 4.71. The summed E-state index contributed by atoms with van der Waals surface area (Å²) in [6.07, 6.45) is 1.06. The molecule has 3 aromatic rings. The topological polar surface area (TPSA) is 29.9 Å². The van der Waals surface area contributed by atoms with Gasteiger partial charge in [0.25, 0.3) is 0 Å². The third-order valence-electron chi connectivity index (χ3n) is 3.50. The molecule has 5 heteroatoms. The fourth-order valence-electron chi connectivity index (χ4n) is 2.47. The van der Waals surface area contributed by atoms with Crippen LogP contribution in [0.4, 0.5) is 0 Å². The van der Waals surface area contributed by atoms with Crippen LogP contribution < -0.4 is 5.32 Å². The van der Waals surface area contributed by atoms with Crippen molar-refractivity contribution in [2.75, 3.05) is 6.54 Å². The number of hydrogen-bond donors (Lipinski definition) is 1. The highest BCUT2D eigenvalue weighted by molar-refractivity contribution is 9.11. The lowest BCUT2D eigenvalue weighted by molar-refractivity contribution is 0.632. The second-order valence-corrected chi connectivity index (χ2v) is 7.46. The molecular formula is C16H18BrN3S. The van der Waals surface area contributed by atoms with E-state index >= 15 is 0 Å². The molecule has 0 aliphatic carbocycles. The van der Waals surface area contributed by atoms with Gasteiger partial charge >= 0.3 is 0 Å². The Morgan fingerprint density at radius 1 is 1.24 bits per heavy atom. The Morgan fingerprint density at radius 3 is 2.86 bits per heavy atom. The van der Waals surface area contributed by atoms with Crippen LogP contribution >= 0.6 is 27.3 Å². The number of benzene rings is 1. The second kappa shape index (κ2) is 6.73. The minimum Gasteiger partial charge on any atom is -0.311 e. The first-order valence-electron chi connectivity index (χ1n) is 7.17. The zero-order valence-corrected chi connectivity index (χ0v) is 14.4. The van der Waals surface area contributed by atoms with E-state index in [0.29, 0.717) is 0 Å². The average Bonchev–Trinajstić information content (AvgIpc) is 3.07. The van der Waals surface area contributed by atoms with Crippen molar-refractivity contribution in [3.8, 4) is 0 Å². The summed E-state index contributed by atoms with van der Waals surface area (Å²) in [6.45, 7) is 4.83. The Bertz CT molecular complexity index is 732. The van der Waals surface area contributed by atoms with Crippen LogP contribution in [0.5, 0.6) is 0 Å². The number of rotatable bonds is 6. The largest absolute Gasteiger partial charge is 0.311 e. The molecule has 3 rings (SSSR count). The zero-order chi connectivity index (χ0) is 14.7. The van der Waals surface area contributed by atoms with Crippen molar-refractivity contribution in [1.29, 1.82) is 0 Å². The molecule has 3 nitrogen and oxygen atoms in total. The van der Waals surface area contributed by atoms with Gasteiger partial charge in [0.2, 0.25) is 0 Å². The first-order valence-corrected chi connectivity index (χ1v) is 8.78. The van der Waals surface area contributed by atoms with Crippen molar-refractivity contribution in [1.82, 2.24) is 15.1 Å². The maximum atomic E-state index is 4.71. The predicted octanol–water partition coefficient (Wildman–Crippen LogP) is 4.21. The molecular weight excluding hydrogens is 346 g/mol. The van der Waals surface area contributed by atoms with Crippen molar-refractivity contribution in [3.05, 3.63) is 50.8 Å². The molecule has 1 aromatic carbocycles. The van der Waals surface area contributed by atoms with Gasteiger partial charge in [-0.05, 0) is 47.5 Å². The summed E-state index contributed by atoms with van der Waals surface area (Å²) >= 11 is 5.30. The molecule has 0 atom stereocenters. The van der Waals surface area contributed by atoms with Gasteiger partial charge in [-0.15, -0.1) is 11.3 Å². The number of thiophene rings is 1. The first-order chi connectivity index (χ1) is 10.3. The van der Waals surface area contributed by atoms with Gasteiger partial charge in [-0.25, -0.2) is 0 Å². The van der Waals surface area contributed by atoms with E-state index in [0.717, 1.165) is 31.7 Å². The van der Waals surface area contributed by atoms with E-state index in [1.54, 1.807) is 11.3 Å². The summed E-state index contributed by atoms with van der Waals surface area (Å²) < 4.78 is 3.27. The number of para-hydroxylation sites is 1. The first kappa shape index (κ1) is 14.8. The van der Waals surface area contributed by atoms with Crippen molar-refractivity contribution in [2.45, 2.75) is 26.4 Å². The van der Waals surface area contributed by atoms with Gasteiger partial charge in [0.05, 0.1) is 15.0 Å². The maximum Gasteiger partial charge on any atom is 0.0841 e. The van der Waals surface area contributed by atoms with E-state index in [-0.39, 0.29) is 0 Å². The van der Waals surface area contributed by atoms with Crippen molar-refractivity contribution < 1.29 is 0 Å². The molecule has 0 fully saturated rings. The predicted molar refractivity (Wildman–Crippen MR) is 92.8 cm³/mol. The number of aryl methyl sites for hydroxylation is 1. The summed E-state index contributed by atoms with van der Waals surface area (Å²) in [5, 5.41) is 9.47. The van der Waals surface area contributed by atoms with Crippen molar-refractivity contribution in [3.63, 3.8) is 0 Å². The van der Waals surface area contributed by atoms with Crippen LogP contribution in [-0.2, 0) is 19.5 Å². The van der Waals surface area contributed by atoms with Crippen molar-refractivity contribution in [2.24, 2.45) is 0 Å². The molecule has 0 amide bonds. The quantitative estimate of drug-likeness (QED) is 0.664. The molecule has 2 aromatic heterocycles. The molecule has 0 aliphatic rings. The van der Waals surface area contributed by atoms with E-state index in [9.17, 15) is 0 Å². The SMILES string of the molecule is CCn1nc(CNCCc2ccc(Br)s2)c2ccccc21. The fourth-order valence-corrected chi connectivity index (χ4v) is 3.95. The highest BCUT2D eigenvalue weighted by atomic mass is 79.9. The molecule has 21 heavy (non-hydrogen) atoms. The molecule has 0 saturated carbocycles. The standard InChI is InChI=1S/C16H18BrN3S/c1-2-20-15-6-4-3-5-13(15)14(19-20)11-18-10-9-12-7-8-16(17)21-12/h3-8,18H,2,9-11H2,1H3. The summed E-state index contributed by atoms with van der Waals surface area (Å²) in [4.78, 5) is 1.40. The molecule has 0 unspecified atom stereocenters. The molecule has 0 radical (unpaired) electrons. The van der Waals surface area contributed by atoms with Gasteiger partial charge in [-0.1, -0.05) is 18.2 Å². The Balaban J connectivity index is 1.63. The Kier molecular flexibility index (Phi) is 4.73. The Morgan fingerprint density at radius 2 is 2.10 bits per heavy atom. The number of halogens is 1. The van der Waals surface area contributed by atoms with Gasteiger partial charge in [0.1, 0.15) is 0 Å². The van der Waals surface area contributed by atoms with Crippen LogP contribution in [0.3, 0.4) is 0 Å². The monoisotopic (exact) mass is 363 g/mol. The smallest absolute Gasteiger partial charge is 0.0841 e. The average molecular weight is 364 g/mol. The molecule has 0 saturated heterocycles. The summed E-state index contributed by atoms with van der Waals surface area (Å²) in [6, 6.07) is 12.7. The number of fused-ring (bicyclic) bond motifs is 1. The molecule has 0 aliphatic heterocycles. The van der Waals surface area contributed by atoms with Gasteiger partial charge in [0, 0.05) is 29.9 Å². The minimum atomic E-state index is 0.820. The van der Waals surface area contributed by atoms with E-state index in [1.807, 2.05) is 0 Å². The van der Waals surface area contributed by atoms with E-state index < -0.39 is 0 Å². The highest BCUT2D eigenvalue weighted by Crippen LogP contribution is 2.22. The number of aromatic nitrogens is 2. The third-order valence-corrected chi connectivity index (χ3v) is 5.19. The number of nitrogens with zero attached hydrogens (tertiary/aromatic N) is 2. The van der Waals surface area contributed by atoms with E-state index in [2.05, 4.69) is 69.3 Å². The van der Waals surface area contributed by atoms with E-state index in [1.165, 1.54) is 19.6 Å². The minimum absolute atomic E-state index is 0.820. The van der Waals surface area contributed by atoms with Crippen molar-refractivity contribution >= 4 is 38.2 Å². The Labute approximate surface area is 137 Å². The van der Waals surface area contributed by atoms with E-state index in [4.69, 9.17) is 5.10 Å². The lowest BCUT2D eigenvalue weighted by atomic mass is 10.2. The molecule has 1 N–H and O–H groups in total. The van der Waals surface area contributed by atoms with Gasteiger partial charge in [0.15, 0.2) is 0 Å².